The number of hydrogen-bond donors (Lipinski definition) is 3. The number of benzene rings is 1. The summed E-state index contributed by atoms with van der Waals surface area (Å²) in [6.07, 6.45) is 3.80. The van der Waals surface area contributed by atoms with Crippen LogP contribution in [0.4, 0.5) is 5.82 Å². The molecule has 0 aliphatic rings. The third-order valence-corrected chi connectivity index (χ3v) is 7.08. The summed E-state index contributed by atoms with van der Waals surface area (Å²) >= 11 is 0. The van der Waals surface area contributed by atoms with E-state index in [1.165, 1.54) is 0 Å². The number of ether oxygens (including phenoxy) is 1. The molecule has 11 heteroatoms. The van der Waals surface area contributed by atoms with Crippen LogP contribution in [0.5, 0.6) is 0 Å². The highest BCUT2D eigenvalue weighted by Crippen LogP contribution is 2.19. The Morgan fingerprint density at radius 2 is 1.97 bits per heavy atom. The van der Waals surface area contributed by atoms with E-state index in [1.54, 1.807) is 39.8 Å². The lowest BCUT2D eigenvalue weighted by molar-refractivity contribution is -0.123. The molecule has 1 aromatic carbocycles. The van der Waals surface area contributed by atoms with Crippen LogP contribution in [0.3, 0.4) is 0 Å². The summed E-state index contributed by atoms with van der Waals surface area (Å²) in [5, 5.41) is 19.6. The number of nitrogens with one attached hydrogen (secondary N) is 2. The lowest BCUT2D eigenvalue weighted by Crippen LogP contribution is -2.39. The van der Waals surface area contributed by atoms with Crippen molar-refractivity contribution < 1.29 is 19.4 Å². The van der Waals surface area contributed by atoms with Gasteiger partial charge in [-0.15, -0.1) is 0 Å². The molecule has 3 aromatic rings. The lowest BCUT2D eigenvalue weighted by Gasteiger charge is -2.15. The fourth-order valence-electron chi connectivity index (χ4n) is 3.24. The van der Waals surface area contributed by atoms with Crippen LogP contribution >= 0.6 is 0 Å². The molecule has 188 valence electrons. The summed E-state index contributed by atoms with van der Waals surface area (Å²) in [6, 6.07) is 8.13. The van der Waals surface area contributed by atoms with Gasteiger partial charge in [0.2, 0.25) is 0 Å². The monoisotopic (exact) mass is 498 g/mol. The van der Waals surface area contributed by atoms with Gasteiger partial charge in [-0.1, -0.05) is 31.8 Å². The van der Waals surface area contributed by atoms with Crippen LogP contribution in [-0.4, -0.2) is 63.6 Å². The van der Waals surface area contributed by atoms with Crippen molar-refractivity contribution in [1.82, 2.24) is 24.6 Å². The fourth-order valence-corrected chi connectivity index (χ4v) is 4.00. The molecule has 2 heterocycles. The Morgan fingerprint density at radius 3 is 2.66 bits per heavy atom. The number of imidazole rings is 1. The van der Waals surface area contributed by atoms with E-state index in [4.69, 9.17) is 4.74 Å². The summed E-state index contributed by atoms with van der Waals surface area (Å²) in [5.74, 6) is -0.0441. The number of anilines is 1. The second kappa shape index (κ2) is 11.4. The molecule has 10 nitrogen and oxygen atoms in total. The maximum Gasteiger partial charge on any atom is 0.256 e. The van der Waals surface area contributed by atoms with Crippen LogP contribution in [0.15, 0.2) is 42.9 Å². The zero-order chi connectivity index (χ0) is 25.6. The van der Waals surface area contributed by atoms with Crippen molar-refractivity contribution in [3.63, 3.8) is 0 Å². The largest absolute Gasteiger partial charge is 0.381 e. The number of hydrogen-bond acceptors (Lipinski definition) is 6. The zero-order valence-electron chi connectivity index (χ0n) is 20.9. The highest BCUT2D eigenvalue weighted by molar-refractivity contribution is 6.76. The number of amides is 2. The number of aryl methyl sites for hydroxylation is 2. The smallest absolute Gasteiger partial charge is 0.256 e. The predicted molar refractivity (Wildman–Crippen MR) is 137 cm³/mol. The van der Waals surface area contributed by atoms with Crippen LogP contribution in [0.2, 0.25) is 25.7 Å². The summed E-state index contributed by atoms with van der Waals surface area (Å²) in [6.45, 7) is 9.47. The van der Waals surface area contributed by atoms with Gasteiger partial charge in [0.15, 0.2) is 5.82 Å². The zero-order valence-corrected chi connectivity index (χ0v) is 21.9. The Labute approximate surface area is 206 Å². The van der Waals surface area contributed by atoms with Crippen molar-refractivity contribution in [2.45, 2.75) is 45.4 Å². The standard InChI is InChI=1S/C24H34N6O4Si/c1-17-27-22(15-30(17)16-34-9-10-35(3,4)5)28-24(33)21(31)13-25-23(32)19-8-6-7-18(11-19)20-12-26-29(2)14-20/h6-8,11-12,14-15,21,31H,9-10,13,16H2,1-5H3,(H,25,32)(H,28,33)/t21-/m0/s1. The van der Waals surface area contributed by atoms with Crippen LogP contribution in [0, 0.1) is 6.92 Å². The van der Waals surface area contributed by atoms with E-state index >= 15 is 0 Å². The Morgan fingerprint density at radius 1 is 1.20 bits per heavy atom. The Balaban J connectivity index is 1.49. The van der Waals surface area contributed by atoms with E-state index in [1.807, 2.05) is 26.2 Å². The molecule has 1 atom stereocenters. The molecule has 3 N–H and O–H groups in total. The molecule has 0 aliphatic carbocycles. The van der Waals surface area contributed by atoms with Crippen LogP contribution in [-0.2, 0) is 23.3 Å². The molecular formula is C24H34N6O4Si. The number of aliphatic hydroxyl groups is 1. The number of nitrogens with zero attached hydrogens (tertiary/aromatic N) is 4. The van der Waals surface area contributed by atoms with Crippen molar-refractivity contribution >= 4 is 25.7 Å². The minimum Gasteiger partial charge on any atom is -0.381 e. The summed E-state index contributed by atoms with van der Waals surface area (Å²) < 4.78 is 9.21. The lowest BCUT2D eigenvalue weighted by atomic mass is 10.1. The Hall–Kier alpha value is -3.28. The van der Waals surface area contributed by atoms with Crippen molar-refractivity contribution in [2.75, 3.05) is 18.5 Å². The molecule has 0 unspecified atom stereocenters. The van der Waals surface area contributed by atoms with Crippen molar-refractivity contribution in [3.8, 4) is 11.1 Å². The quantitative estimate of drug-likeness (QED) is 0.276. The first-order valence-corrected chi connectivity index (χ1v) is 15.2. The van der Waals surface area contributed by atoms with Gasteiger partial charge in [-0.3, -0.25) is 14.3 Å². The van der Waals surface area contributed by atoms with Gasteiger partial charge in [-0.05, 0) is 30.7 Å². The fraction of sp³-hybridized carbons (Fsp3) is 0.417. The average molecular weight is 499 g/mol. The molecule has 0 fully saturated rings. The highest BCUT2D eigenvalue weighted by atomic mass is 28.3. The predicted octanol–water partition coefficient (Wildman–Crippen LogP) is 2.63. The van der Waals surface area contributed by atoms with Gasteiger partial charge in [-0.25, -0.2) is 4.98 Å². The molecule has 35 heavy (non-hydrogen) atoms. The van der Waals surface area contributed by atoms with Crippen LogP contribution in [0.1, 0.15) is 16.2 Å². The number of aliphatic hydroxyl groups excluding tert-OH is 1. The summed E-state index contributed by atoms with van der Waals surface area (Å²) in [4.78, 5) is 29.2. The molecule has 0 aliphatic heterocycles. The molecule has 2 aromatic heterocycles. The average Bonchev–Trinajstić information content (AvgIpc) is 3.39. The number of aromatic nitrogens is 4. The van der Waals surface area contributed by atoms with E-state index in [0.717, 1.165) is 17.2 Å². The molecule has 3 rings (SSSR count). The van der Waals surface area contributed by atoms with E-state index in [9.17, 15) is 14.7 Å². The van der Waals surface area contributed by atoms with Gasteiger partial charge in [0, 0.05) is 39.1 Å². The van der Waals surface area contributed by atoms with Gasteiger partial charge in [0.1, 0.15) is 18.7 Å². The maximum atomic E-state index is 12.6. The second-order valence-corrected chi connectivity index (χ2v) is 15.3. The number of carbonyl (C=O) groups excluding carboxylic acids is 2. The molecule has 0 bridgehead atoms. The molecular weight excluding hydrogens is 464 g/mol. The van der Waals surface area contributed by atoms with Gasteiger partial charge in [-0.2, -0.15) is 5.10 Å². The minimum atomic E-state index is -1.43. The van der Waals surface area contributed by atoms with Gasteiger partial charge in [0.25, 0.3) is 11.8 Å². The Kier molecular flexibility index (Phi) is 8.60. The van der Waals surface area contributed by atoms with Crippen molar-refractivity contribution in [2.24, 2.45) is 7.05 Å². The van der Waals surface area contributed by atoms with Crippen molar-refractivity contribution in [3.05, 3.63) is 54.2 Å². The molecule has 0 saturated carbocycles. The second-order valence-electron chi connectivity index (χ2n) is 9.69. The summed E-state index contributed by atoms with van der Waals surface area (Å²) in [5.41, 5.74) is 2.15. The van der Waals surface area contributed by atoms with Crippen LogP contribution in [0.25, 0.3) is 11.1 Å². The van der Waals surface area contributed by atoms with E-state index < -0.39 is 26.0 Å². The minimum absolute atomic E-state index is 0.235. The van der Waals surface area contributed by atoms with E-state index in [2.05, 4.69) is 40.4 Å². The van der Waals surface area contributed by atoms with Gasteiger partial charge >= 0.3 is 0 Å². The number of rotatable bonds is 11. The molecule has 2 amide bonds. The maximum absolute atomic E-state index is 12.6. The summed E-state index contributed by atoms with van der Waals surface area (Å²) in [7, 11) is 0.659. The van der Waals surface area contributed by atoms with Crippen LogP contribution < -0.4 is 10.6 Å². The van der Waals surface area contributed by atoms with Gasteiger partial charge < -0.3 is 25.0 Å². The first-order chi connectivity index (χ1) is 16.5. The van der Waals surface area contributed by atoms with E-state index in [0.29, 0.717) is 30.5 Å². The first kappa shape index (κ1) is 26.3. The number of carbonyl (C=O) groups is 2. The Bertz CT molecular complexity index is 1170. The van der Waals surface area contributed by atoms with Gasteiger partial charge in [0.05, 0.1) is 18.9 Å². The topological polar surface area (TPSA) is 123 Å². The third-order valence-electron chi connectivity index (χ3n) is 5.38. The highest BCUT2D eigenvalue weighted by Gasteiger charge is 2.19. The van der Waals surface area contributed by atoms with Crippen molar-refractivity contribution in [1.29, 1.82) is 0 Å². The molecule has 0 radical (unpaired) electrons. The van der Waals surface area contributed by atoms with E-state index in [-0.39, 0.29) is 6.54 Å². The SMILES string of the molecule is Cc1nc(NC(=O)[C@@H](O)CNC(=O)c2cccc(-c3cnn(C)c3)c2)cn1COCC[Si](C)(C)C. The molecule has 0 spiro atoms. The third kappa shape index (κ3) is 7.87. The first-order valence-electron chi connectivity index (χ1n) is 11.5. The molecule has 0 saturated heterocycles. The normalized spacial score (nSPS) is 12.4.